The second kappa shape index (κ2) is 7.46. The number of aliphatic hydroxyl groups excluding tert-OH is 1. The number of aldehydes is 1. The number of carbonyl (C=O) groups excluding carboxylic acids is 1. The van der Waals surface area contributed by atoms with Gasteiger partial charge in [0.25, 0.3) is 0 Å². The number of aliphatic hydroxyl groups is 2. The molecule has 5 heteroatoms. The second-order valence-electron chi connectivity index (χ2n) is 10.9. The van der Waals surface area contributed by atoms with E-state index in [2.05, 4.69) is 6.92 Å². The third-order valence-corrected chi connectivity index (χ3v) is 9.96. The highest BCUT2D eigenvalue weighted by atomic mass is 16.5. The van der Waals surface area contributed by atoms with Crippen molar-refractivity contribution in [1.82, 2.24) is 0 Å². The summed E-state index contributed by atoms with van der Waals surface area (Å²) in [6, 6.07) is 1.98. The monoisotopic (exact) mass is 416 g/mol. The molecule has 2 N–H and O–H groups in total. The molecule has 4 saturated carbocycles. The predicted octanol–water partition coefficient (Wildman–Crippen LogP) is 3.90. The van der Waals surface area contributed by atoms with E-state index in [4.69, 9.17) is 9.15 Å². The summed E-state index contributed by atoms with van der Waals surface area (Å²) in [4.78, 5) is 10.7. The van der Waals surface area contributed by atoms with Crippen LogP contribution < -0.4 is 0 Å². The molecular weight excluding hydrogens is 380 g/mol. The Bertz CT molecular complexity index is 762. The standard InChI is InChI=1S/C25H36O5/c1-23-8-4-19(30-13-11-26)14-18(23)2-3-21-20(23)5-9-24(15-17-7-12-29-16-17)22(27)6-10-25(21,24)28/h7,11-12,16,18-22,27-28H,2-6,8-10,13-15H2,1H3/t18-,19+,20+,21-,22-,23+,24+,25+/m1/s1. The first kappa shape index (κ1) is 20.7. The normalized spacial score (nSPS) is 47.9. The fraction of sp³-hybridized carbons (Fsp3) is 0.800. The number of carbonyl (C=O) groups is 1. The first-order valence-corrected chi connectivity index (χ1v) is 11.9. The van der Waals surface area contributed by atoms with Crippen LogP contribution in [-0.4, -0.2) is 40.9 Å². The van der Waals surface area contributed by atoms with E-state index in [9.17, 15) is 15.0 Å². The van der Waals surface area contributed by atoms with Crippen molar-refractivity contribution in [3.8, 4) is 0 Å². The summed E-state index contributed by atoms with van der Waals surface area (Å²) in [6.45, 7) is 2.65. The van der Waals surface area contributed by atoms with E-state index in [0.717, 1.165) is 56.8 Å². The fourth-order valence-electron chi connectivity index (χ4n) is 8.43. The quantitative estimate of drug-likeness (QED) is 0.712. The average molecular weight is 417 g/mol. The summed E-state index contributed by atoms with van der Waals surface area (Å²) in [7, 11) is 0. The first-order valence-electron chi connectivity index (χ1n) is 11.9. The molecule has 166 valence electrons. The molecule has 1 aromatic rings. The Balaban J connectivity index is 1.41. The lowest BCUT2D eigenvalue weighted by atomic mass is 9.43. The SMILES string of the molecule is C[C@]12CC[C@H](OCC=O)C[C@H]1CC[C@@H]1[C@@H]2CC[C@]2(Cc3ccoc3)[C@H](O)CC[C@]12O. The number of hydrogen-bond donors (Lipinski definition) is 2. The van der Waals surface area contributed by atoms with Gasteiger partial charge in [0.05, 0.1) is 30.3 Å². The lowest BCUT2D eigenvalue weighted by molar-refractivity contribution is -0.223. The number of hydrogen-bond acceptors (Lipinski definition) is 5. The summed E-state index contributed by atoms with van der Waals surface area (Å²) < 4.78 is 11.1. The van der Waals surface area contributed by atoms with Crippen molar-refractivity contribution >= 4 is 6.29 Å². The Morgan fingerprint density at radius 2 is 2.03 bits per heavy atom. The van der Waals surface area contributed by atoms with Gasteiger partial charge in [-0.15, -0.1) is 0 Å². The molecule has 0 aliphatic heterocycles. The van der Waals surface area contributed by atoms with Crippen LogP contribution in [0.3, 0.4) is 0 Å². The molecule has 4 aliphatic carbocycles. The van der Waals surface area contributed by atoms with Crippen molar-refractivity contribution in [1.29, 1.82) is 0 Å². The zero-order valence-electron chi connectivity index (χ0n) is 18.1. The van der Waals surface area contributed by atoms with Crippen LogP contribution in [0.2, 0.25) is 0 Å². The molecule has 8 atom stereocenters. The Morgan fingerprint density at radius 1 is 1.17 bits per heavy atom. The highest BCUT2D eigenvalue weighted by molar-refractivity contribution is 5.50. The van der Waals surface area contributed by atoms with Gasteiger partial charge >= 0.3 is 0 Å². The van der Waals surface area contributed by atoms with Gasteiger partial charge in [0.1, 0.15) is 12.9 Å². The van der Waals surface area contributed by atoms with Gasteiger partial charge < -0.3 is 24.2 Å². The molecule has 1 heterocycles. The molecule has 0 saturated heterocycles. The lowest BCUT2D eigenvalue weighted by Gasteiger charge is -2.64. The molecular formula is C25H36O5. The second-order valence-corrected chi connectivity index (χ2v) is 10.9. The van der Waals surface area contributed by atoms with Crippen molar-refractivity contribution in [3.05, 3.63) is 24.2 Å². The summed E-state index contributed by atoms with van der Waals surface area (Å²) >= 11 is 0. The van der Waals surface area contributed by atoms with Gasteiger partial charge in [-0.25, -0.2) is 0 Å². The summed E-state index contributed by atoms with van der Waals surface area (Å²) in [5.74, 6) is 1.35. The number of furan rings is 1. The van der Waals surface area contributed by atoms with E-state index >= 15 is 0 Å². The van der Waals surface area contributed by atoms with E-state index in [1.165, 1.54) is 0 Å². The van der Waals surface area contributed by atoms with Gasteiger partial charge in [-0.2, -0.15) is 0 Å². The minimum Gasteiger partial charge on any atom is -0.472 e. The molecule has 0 amide bonds. The fourth-order valence-corrected chi connectivity index (χ4v) is 8.43. The third kappa shape index (κ3) is 2.88. The average Bonchev–Trinajstić information content (AvgIpc) is 3.34. The molecule has 4 aliphatic rings. The van der Waals surface area contributed by atoms with Crippen molar-refractivity contribution in [2.45, 2.75) is 88.9 Å². The number of rotatable bonds is 5. The minimum absolute atomic E-state index is 0.199. The summed E-state index contributed by atoms with van der Waals surface area (Å²) in [5.41, 5.74) is 0.0481. The van der Waals surface area contributed by atoms with Gasteiger partial charge in [0, 0.05) is 5.41 Å². The number of fused-ring (bicyclic) bond motifs is 5. The molecule has 4 fully saturated rings. The maximum atomic E-state index is 12.2. The van der Waals surface area contributed by atoms with Crippen LogP contribution in [-0.2, 0) is 16.0 Å². The number of ether oxygens (including phenoxy) is 1. The molecule has 1 aromatic heterocycles. The molecule has 30 heavy (non-hydrogen) atoms. The van der Waals surface area contributed by atoms with Crippen LogP contribution in [0.15, 0.2) is 23.0 Å². The Kier molecular flexibility index (Phi) is 5.15. The molecule has 0 unspecified atom stereocenters. The topological polar surface area (TPSA) is 79.9 Å². The highest BCUT2D eigenvalue weighted by Gasteiger charge is 2.68. The zero-order valence-corrected chi connectivity index (χ0v) is 18.1. The summed E-state index contributed by atoms with van der Waals surface area (Å²) in [5, 5.41) is 23.4. The zero-order chi connectivity index (χ0) is 21.0. The van der Waals surface area contributed by atoms with Crippen LogP contribution in [0.25, 0.3) is 0 Å². The Hall–Kier alpha value is -1.17. The lowest BCUT2D eigenvalue weighted by Crippen LogP contribution is -2.64. The van der Waals surface area contributed by atoms with E-state index in [1.54, 1.807) is 12.5 Å². The molecule has 0 radical (unpaired) electrons. The van der Waals surface area contributed by atoms with Crippen molar-refractivity contribution in [2.24, 2.45) is 28.6 Å². The van der Waals surface area contributed by atoms with Crippen molar-refractivity contribution < 1.29 is 24.2 Å². The van der Waals surface area contributed by atoms with Crippen LogP contribution in [0.1, 0.15) is 70.3 Å². The maximum absolute atomic E-state index is 12.2. The third-order valence-electron chi connectivity index (χ3n) is 9.96. The molecule has 5 nitrogen and oxygen atoms in total. The van der Waals surface area contributed by atoms with E-state index in [1.807, 2.05) is 6.07 Å². The van der Waals surface area contributed by atoms with E-state index in [-0.39, 0.29) is 24.0 Å². The minimum atomic E-state index is -0.800. The maximum Gasteiger partial charge on any atom is 0.145 e. The van der Waals surface area contributed by atoms with Crippen molar-refractivity contribution in [2.75, 3.05) is 6.61 Å². The highest BCUT2D eigenvalue weighted by Crippen LogP contribution is 2.68. The predicted molar refractivity (Wildman–Crippen MR) is 112 cm³/mol. The molecule has 0 bridgehead atoms. The summed E-state index contributed by atoms with van der Waals surface area (Å²) in [6.07, 6.45) is 13.4. The van der Waals surface area contributed by atoms with Crippen LogP contribution in [0.5, 0.6) is 0 Å². The van der Waals surface area contributed by atoms with Crippen molar-refractivity contribution in [3.63, 3.8) is 0 Å². The van der Waals surface area contributed by atoms with Crippen LogP contribution in [0, 0.1) is 28.6 Å². The van der Waals surface area contributed by atoms with Crippen LogP contribution >= 0.6 is 0 Å². The molecule has 0 aromatic carbocycles. The van der Waals surface area contributed by atoms with Gasteiger partial charge in [-0.05, 0) is 99.0 Å². The molecule has 0 spiro atoms. The van der Waals surface area contributed by atoms with Crippen LogP contribution in [0.4, 0.5) is 0 Å². The van der Waals surface area contributed by atoms with Gasteiger partial charge in [-0.1, -0.05) is 6.92 Å². The van der Waals surface area contributed by atoms with E-state index in [0.29, 0.717) is 31.1 Å². The largest absolute Gasteiger partial charge is 0.472 e. The first-order chi connectivity index (χ1) is 14.4. The molecule has 5 rings (SSSR count). The van der Waals surface area contributed by atoms with Gasteiger partial charge in [-0.3, -0.25) is 0 Å². The Morgan fingerprint density at radius 3 is 2.80 bits per heavy atom. The van der Waals surface area contributed by atoms with E-state index < -0.39 is 17.1 Å². The Labute approximate surface area is 179 Å². The van der Waals surface area contributed by atoms with Gasteiger partial charge in [0.2, 0.25) is 0 Å². The smallest absolute Gasteiger partial charge is 0.145 e. The van der Waals surface area contributed by atoms with Gasteiger partial charge in [0.15, 0.2) is 0 Å².